The summed E-state index contributed by atoms with van der Waals surface area (Å²) in [6.07, 6.45) is 5.15. The van der Waals surface area contributed by atoms with E-state index in [4.69, 9.17) is 4.99 Å². The number of rotatable bonds is 7. The predicted molar refractivity (Wildman–Crippen MR) is 130 cm³/mol. The molecule has 1 N–H and O–H groups in total. The quantitative estimate of drug-likeness (QED) is 0.414. The lowest BCUT2D eigenvalue weighted by Gasteiger charge is -2.30. The van der Waals surface area contributed by atoms with E-state index in [2.05, 4.69) is 80.8 Å². The monoisotopic (exact) mass is 437 g/mol. The number of tetrazole rings is 1. The fourth-order valence-corrected chi connectivity index (χ4v) is 4.24. The molecule has 2 aromatic carbocycles. The van der Waals surface area contributed by atoms with Crippen molar-refractivity contribution in [2.24, 2.45) is 4.99 Å². The summed E-state index contributed by atoms with van der Waals surface area (Å²) in [6.45, 7) is 5.96. The number of aromatic nitrogens is 5. The van der Waals surface area contributed by atoms with Gasteiger partial charge in [0.15, 0.2) is 5.82 Å². The van der Waals surface area contributed by atoms with Gasteiger partial charge in [-0.2, -0.15) is 5.21 Å². The highest BCUT2D eigenvalue weighted by atomic mass is 15.5. The zero-order valence-corrected chi connectivity index (χ0v) is 19.0. The van der Waals surface area contributed by atoms with Gasteiger partial charge in [0.05, 0.1) is 0 Å². The van der Waals surface area contributed by atoms with Gasteiger partial charge in [0.25, 0.3) is 0 Å². The summed E-state index contributed by atoms with van der Waals surface area (Å²) in [5.41, 5.74) is 6.80. The molecule has 1 aliphatic heterocycles. The highest BCUT2D eigenvalue weighted by Crippen LogP contribution is 2.31. The third-order valence-corrected chi connectivity index (χ3v) is 5.95. The molecule has 0 aliphatic carbocycles. The summed E-state index contributed by atoms with van der Waals surface area (Å²) >= 11 is 0. The fourth-order valence-electron chi connectivity index (χ4n) is 4.24. The van der Waals surface area contributed by atoms with Crippen LogP contribution in [0, 0.1) is 6.92 Å². The standard InChI is InChI=1S/C26H27N7/c1-3-4-9-24-28-25-21(14-18(2)15-27-25)17-33(24)16-19-10-12-20(13-11-19)22-7-5-6-8-23(22)26-29-31-32-30-26/h5-8,10-15H,3-4,9,16-17H2,1-2H3,(H,29,30,31,32). The number of hydrogen-bond acceptors (Lipinski definition) is 6. The van der Waals surface area contributed by atoms with Crippen LogP contribution in [-0.2, 0) is 13.1 Å². The van der Waals surface area contributed by atoms with Gasteiger partial charge in [0.2, 0.25) is 5.82 Å². The molecule has 0 radical (unpaired) electrons. The van der Waals surface area contributed by atoms with Gasteiger partial charge in [-0.3, -0.25) is 0 Å². The van der Waals surface area contributed by atoms with Crippen LogP contribution in [0.3, 0.4) is 0 Å². The van der Waals surface area contributed by atoms with Crippen LogP contribution >= 0.6 is 0 Å². The fraction of sp³-hybridized carbons (Fsp3) is 0.269. The minimum Gasteiger partial charge on any atom is -0.351 e. The molecule has 0 amide bonds. The van der Waals surface area contributed by atoms with E-state index in [9.17, 15) is 0 Å². The lowest BCUT2D eigenvalue weighted by atomic mass is 9.98. The molecule has 166 valence electrons. The number of H-pyrrole nitrogens is 1. The second kappa shape index (κ2) is 9.32. The Kier molecular flexibility index (Phi) is 5.93. The van der Waals surface area contributed by atoms with E-state index in [1.807, 2.05) is 24.4 Å². The second-order valence-electron chi connectivity index (χ2n) is 8.46. The third-order valence-electron chi connectivity index (χ3n) is 5.95. The largest absolute Gasteiger partial charge is 0.351 e. The molecule has 0 saturated heterocycles. The number of unbranched alkanes of at least 4 members (excludes halogenated alkanes) is 1. The first kappa shape index (κ1) is 21.0. The molecule has 33 heavy (non-hydrogen) atoms. The molecule has 7 heteroatoms. The van der Waals surface area contributed by atoms with Crippen molar-refractivity contribution in [2.45, 2.75) is 46.2 Å². The van der Waals surface area contributed by atoms with Crippen molar-refractivity contribution in [3.05, 3.63) is 77.5 Å². The smallest absolute Gasteiger partial charge is 0.205 e. The Labute approximate surface area is 193 Å². The normalized spacial score (nSPS) is 13.0. The predicted octanol–water partition coefficient (Wildman–Crippen LogP) is 5.47. The van der Waals surface area contributed by atoms with Crippen molar-refractivity contribution in [1.29, 1.82) is 0 Å². The number of nitrogens with one attached hydrogen (secondary N) is 1. The van der Waals surface area contributed by atoms with Crippen molar-refractivity contribution < 1.29 is 0 Å². The molecular weight excluding hydrogens is 410 g/mol. The number of benzene rings is 2. The summed E-state index contributed by atoms with van der Waals surface area (Å²) in [5, 5.41) is 14.5. The number of amidine groups is 1. The van der Waals surface area contributed by atoms with Gasteiger partial charge in [-0.05, 0) is 46.9 Å². The van der Waals surface area contributed by atoms with Crippen LogP contribution in [0.25, 0.3) is 22.5 Å². The SMILES string of the molecule is CCCCC1=Nc2ncc(C)cc2CN1Cc1ccc(-c2ccccc2-c2nn[nH]n2)cc1. The van der Waals surface area contributed by atoms with Crippen molar-refractivity contribution in [3.63, 3.8) is 0 Å². The number of aromatic amines is 1. The highest BCUT2D eigenvalue weighted by Gasteiger charge is 2.21. The van der Waals surface area contributed by atoms with Crippen LogP contribution in [0.15, 0.2) is 65.8 Å². The zero-order chi connectivity index (χ0) is 22.6. The molecule has 0 fully saturated rings. The van der Waals surface area contributed by atoms with E-state index < -0.39 is 0 Å². The van der Waals surface area contributed by atoms with E-state index in [-0.39, 0.29) is 0 Å². The Balaban J connectivity index is 1.39. The van der Waals surface area contributed by atoms with Gasteiger partial charge in [-0.1, -0.05) is 61.9 Å². The Morgan fingerprint density at radius 3 is 2.61 bits per heavy atom. The van der Waals surface area contributed by atoms with Gasteiger partial charge in [-0.25, -0.2) is 9.98 Å². The molecule has 0 saturated carbocycles. The molecule has 0 unspecified atom stereocenters. The zero-order valence-electron chi connectivity index (χ0n) is 19.0. The maximum atomic E-state index is 4.92. The highest BCUT2D eigenvalue weighted by molar-refractivity contribution is 5.86. The second-order valence-corrected chi connectivity index (χ2v) is 8.46. The lowest BCUT2D eigenvalue weighted by Crippen LogP contribution is -2.32. The van der Waals surface area contributed by atoms with E-state index in [0.29, 0.717) is 5.82 Å². The van der Waals surface area contributed by atoms with Gasteiger partial charge < -0.3 is 4.90 Å². The van der Waals surface area contributed by atoms with Crippen molar-refractivity contribution in [1.82, 2.24) is 30.5 Å². The molecule has 0 bridgehead atoms. The van der Waals surface area contributed by atoms with Gasteiger partial charge >= 0.3 is 0 Å². The summed E-state index contributed by atoms with van der Waals surface area (Å²) in [5.74, 6) is 2.60. The Bertz CT molecular complexity index is 1260. The van der Waals surface area contributed by atoms with E-state index in [1.54, 1.807) is 0 Å². The molecule has 7 nitrogen and oxygen atoms in total. The average molecular weight is 438 g/mol. The van der Waals surface area contributed by atoms with E-state index >= 15 is 0 Å². The lowest BCUT2D eigenvalue weighted by molar-refractivity contribution is 0.389. The summed E-state index contributed by atoms with van der Waals surface area (Å²) < 4.78 is 0. The first-order valence-corrected chi connectivity index (χ1v) is 11.4. The van der Waals surface area contributed by atoms with Crippen molar-refractivity contribution in [3.8, 4) is 22.5 Å². The Morgan fingerprint density at radius 2 is 1.85 bits per heavy atom. The van der Waals surface area contributed by atoms with E-state index in [1.165, 1.54) is 16.7 Å². The minimum absolute atomic E-state index is 0.599. The average Bonchev–Trinajstić information content (AvgIpc) is 3.38. The van der Waals surface area contributed by atoms with Gasteiger partial charge in [0, 0.05) is 36.8 Å². The first-order chi connectivity index (χ1) is 16.2. The number of aliphatic imine (C=N–C) groups is 1. The number of hydrogen-bond donors (Lipinski definition) is 1. The molecule has 5 rings (SSSR count). The van der Waals surface area contributed by atoms with E-state index in [0.717, 1.165) is 60.7 Å². The maximum absolute atomic E-state index is 4.92. The van der Waals surface area contributed by atoms with Crippen LogP contribution in [-0.4, -0.2) is 36.3 Å². The Morgan fingerprint density at radius 1 is 1.03 bits per heavy atom. The maximum Gasteiger partial charge on any atom is 0.205 e. The summed E-state index contributed by atoms with van der Waals surface area (Å²) in [7, 11) is 0. The van der Waals surface area contributed by atoms with Crippen LogP contribution in [0.4, 0.5) is 5.82 Å². The molecule has 0 atom stereocenters. The minimum atomic E-state index is 0.599. The van der Waals surface area contributed by atoms with Crippen LogP contribution in [0.5, 0.6) is 0 Å². The molecule has 0 spiro atoms. The third kappa shape index (κ3) is 4.53. The van der Waals surface area contributed by atoms with Gasteiger partial charge in [0.1, 0.15) is 5.84 Å². The molecule has 4 aromatic rings. The molecule has 3 heterocycles. The molecular formula is C26H27N7. The number of aryl methyl sites for hydroxylation is 1. The summed E-state index contributed by atoms with van der Waals surface area (Å²) in [6, 6.07) is 19.1. The van der Waals surface area contributed by atoms with Crippen LogP contribution < -0.4 is 0 Å². The number of pyridine rings is 1. The number of fused-ring (bicyclic) bond motifs is 1. The molecule has 1 aliphatic rings. The van der Waals surface area contributed by atoms with Crippen molar-refractivity contribution >= 4 is 11.7 Å². The molecule has 2 aromatic heterocycles. The van der Waals surface area contributed by atoms with Crippen LogP contribution in [0.1, 0.15) is 42.9 Å². The van der Waals surface area contributed by atoms with Crippen LogP contribution in [0.2, 0.25) is 0 Å². The Hall–Kier alpha value is -3.87. The number of nitrogens with zero attached hydrogens (tertiary/aromatic N) is 6. The van der Waals surface area contributed by atoms with Crippen molar-refractivity contribution in [2.75, 3.05) is 0 Å². The first-order valence-electron chi connectivity index (χ1n) is 11.4. The summed E-state index contributed by atoms with van der Waals surface area (Å²) in [4.78, 5) is 11.9. The van der Waals surface area contributed by atoms with Gasteiger partial charge in [-0.15, -0.1) is 10.2 Å². The topological polar surface area (TPSA) is 83.0 Å².